The van der Waals surface area contributed by atoms with Crippen LogP contribution in [0.2, 0.25) is 5.02 Å². The summed E-state index contributed by atoms with van der Waals surface area (Å²) in [7, 11) is -2.41. The summed E-state index contributed by atoms with van der Waals surface area (Å²) < 4.78 is 18.0. The molecule has 0 spiro atoms. The Hall–Kier alpha value is -2.96. The van der Waals surface area contributed by atoms with E-state index in [1.54, 1.807) is 50.6 Å². The van der Waals surface area contributed by atoms with E-state index >= 15 is 0 Å². The summed E-state index contributed by atoms with van der Waals surface area (Å²) in [5.74, 6) is 0.607. The molecule has 0 unspecified atom stereocenters. The summed E-state index contributed by atoms with van der Waals surface area (Å²) in [4.78, 5) is 19.1. The minimum atomic E-state index is -2.41. The minimum absolute atomic E-state index is 0.0578. The van der Waals surface area contributed by atoms with Gasteiger partial charge < -0.3 is 14.6 Å². The lowest BCUT2D eigenvalue weighted by Crippen LogP contribution is -2.07. The van der Waals surface area contributed by atoms with Gasteiger partial charge in [0.05, 0.1) is 17.3 Å². The van der Waals surface area contributed by atoms with E-state index in [0.717, 1.165) is 5.30 Å². The normalized spacial score (nSPS) is 11.2. The van der Waals surface area contributed by atoms with Gasteiger partial charge in [-0.1, -0.05) is 29.8 Å². The van der Waals surface area contributed by atoms with Crippen molar-refractivity contribution in [3.05, 3.63) is 75.1 Å². The number of aromatic nitrogens is 2. The van der Waals surface area contributed by atoms with Crippen LogP contribution in [0.5, 0.6) is 5.75 Å². The molecule has 0 fully saturated rings. The fourth-order valence-electron chi connectivity index (χ4n) is 2.70. The Balaban J connectivity index is 1.72. The Labute approximate surface area is 178 Å². The van der Waals surface area contributed by atoms with Crippen LogP contribution in [0.1, 0.15) is 11.1 Å². The third-order valence-corrected chi connectivity index (χ3v) is 6.25. The van der Waals surface area contributed by atoms with Crippen LogP contribution < -0.4 is 15.4 Å². The molecule has 0 aliphatic heterocycles. The van der Waals surface area contributed by atoms with Crippen LogP contribution in [0.3, 0.4) is 0 Å². The monoisotopic (exact) mass is 446 g/mol. The third-order valence-electron chi connectivity index (χ3n) is 4.36. The minimum Gasteiger partial charge on any atom is -0.486 e. The number of halogens is 1. The molecule has 0 atom stereocenters. The summed E-state index contributed by atoms with van der Waals surface area (Å²) in [6.07, 6.45) is 2.92. The van der Waals surface area contributed by atoms with E-state index in [1.807, 2.05) is 0 Å². The van der Waals surface area contributed by atoms with Gasteiger partial charge in [0, 0.05) is 22.0 Å². The van der Waals surface area contributed by atoms with Gasteiger partial charge in [0.15, 0.2) is 5.75 Å². The summed E-state index contributed by atoms with van der Waals surface area (Å²) in [6, 6.07) is 10.0. The number of aryl methyl sites for hydroxylation is 1. The van der Waals surface area contributed by atoms with E-state index in [9.17, 15) is 14.7 Å². The van der Waals surface area contributed by atoms with E-state index < -0.39 is 12.1 Å². The van der Waals surface area contributed by atoms with Gasteiger partial charge in [-0.25, -0.2) is 9.97 Å². The molecule has 156 valence electrons. The largest absolute Gasteiger partial charge is 0.486 e. The van der Waals surface area contributed by atoms with Crippen molar-refractivity contribution in [1.29, 1.82) is 0 Å². The smallest absolute Gasteiger partial charge is 0.293 e. The molecule has 0 saturated heterocycles. The Morgan fingerprint density at radius 3 is 2.53 bits per heavy atom. The van der Waals surface area contributed by atoms with Crippen LogP contribution in [0.25, 0.3) is 0 Å². The van der Waals surface area contributed by atoms with E-state index in [4.69, 9.17) is 16.3 Å². The number of rotatable bonds is 7. The van der Waals surface area contributed by atoms with E-state index in [0.29, 0.717) is 27.6 Å². The second-order valence-electron chi connectivity index (χ2n) is 7.01. The highest BCUT2D eigenvalue weighted by molar-refractivity contribution is 7.70. The van der Waals surface area contributed by atoms with Crippen LogP contribution >= 0.6 is 18.7 Å². The van der Waals surface area contributed by atoms with Crippen molar-refractivity contribution < 1.29 is 14.2 Å². The maximum atomic E-state index is 12.3. The first-order valence-corrected chi connectivity index (χ1v) is 11.9. The Kier molecular flexibility index (Phi) is 6.39. The number of anilines is 2. The van der Waals surface area contributed by atoms with Gasteiger partial charge in [-0.3, -0.25) is 10.1 Å². The number of benzene rings is 2. The summed E-state index contributed by atoms with van der Waals surface area (Å²) in [6.45, 7) is 5.31. The lowest BCUT2D eigenvalue weighted by Gasteiger charge is -2.12. The van der Waals surface area contributed by atoms with Crippen LogP contribution in [0.15, 0.2) is 48.8 Å². The molecule has 0 bridgehead atoms. The molecule has 3 aromatic rings. The van der Waals surface area contributed by atoms with Gasteiger partial charge in [-0.15, -0.1) is 0 Å². The van der Waals surface area contributed by atoms with Crippen molar-refractivity contribution in [2.24, 2.45) is 0 Å². The van der Waals surface area contributed by atoms with Crippen molar-refractivity contribution in [3.8, 4) is 5.75 Å². The van der Waals surface area contributed by atoms with E-state index in [2.05, 4.69) is 15.3 Å². The number of para-hydroxylation sites is 1. The summed E-state index contributed by atoms with van der Waals surface area (Å²) >= 11 is 6.22. The molecule has 1 aromatic heterocycles. The molecule has 0 radical (unpaired) electrons. The lowest BCUT2D eigenvalue weighted by molar-refractivity contribution is -0.384. The molecule has 10 heteroatoms. The molecular weight excluding hydrogens is 427 g/mol. The highest BCUT2D eigenvalue weighted by Gasteiger charge is 2.17. The number of hydrogen-bond donors (Lipinski definition) is 1. The second kappa shape index (κ2) is 8.81. The second-order valence-corrected chi connectivity index (χ2v) is 10.6. The van der Waals surface area contributed by atoms with Crippen molar-refractivity contribution in [2.45, 2.75) is 13.5 Å². The lowest BCUT2D eigenvalue weighted by atomic mass is 10.1. The molecular formula is C20H20ClN4O4P. The number of nitro benzene ring substituents is 1. The fourth-order valence-corrected chi connectivity index (χ4v) is 3.77. The number of nitro groups is 1. The Morgan fingerprint density at radius 2 is 1.90 bits per heavy atom. The molecule has 0 aliphatic rings. The van der Waals surface area contributed by atoms with Crippen LogP contribution in [-0.2, 0) is 11.2 Å². The molecule has 8 nitrogen and oxygen atoms in total. The van der Waals surface area contributed by atoms with E-state index in [-0.39, 0.29) is 18.2 Å². The zero-order valence-corrected chi connectivity index (χ0v) is 18.3. The van der Waals surface area contributed by atoms with Crippen LogP contribution in [0, 0.1) is 17.0 Å². The molecule has 1 heterocycles. The van der Waals surface area contributed by atoms with E-state index in [1.165, 1.54) is 18.5 Å². The van der Waals surface area contributed by atoms with Gasteiger partial charge in [-0.2, -0.15) is 0 Å². The first kappa shape index (κ1) is 21.7. The van der Waals surface area contributed by atoms with Gasteiger partial charge >= 0.3 is 0 Å². The number of ether oxygens (including phenoxy) is 1. The molecule has 0 amide bonds. The quantitative estimate of drug-likeness (QED) is 0.312. The molecule has 2 aromatic carbocycles. The van der Waals surface area contributed by atoms with Gasteiger partial charge in [0.2, 0.25) is 5.95 Å². The number of hydrogen-bond acceptors (Lipinski definition) is 7. The predicted octanol–water partition coefficient (Wildman–Crippen LogP) is 4.92. The Bertz CT molecular complexity index is 1130. The SMILES string of the molecule is Cc1cccc([N+](=O)[O-])c1Nc1ncc(OCc2cc(P(C)(C)=O)ccc2Cl)cn1. The zero-order valence-electron chi connectivity index (χ0n) is 16.6. The molecule has 0 aliphatic carbocycles. The van der Waals surface area contributed by atoms with Crippen LogP contribution in [-0.4, -0.2) is 28.2 Å². The maximum Gasteiger partial charge on any atom is 0.293 e. The third kappa shape index (κ3) is 5.14. The highest BCUT2D eigenvalue weighted by atomic mass is 35.5. The van der Waals surface area contributed by atoms with Gasteiger partial charge in [0.25, 0.3) is 5.69 Å². The zero-order chi connectivity index (χ0) is 21.9. The van der Waals surface area contributed by atoms with Crippen LogP contribution in [0.4, 0.5) is 17.3 Å². The number of nitrogens with one attached hydrogen (secondary N) is 1. The Morgan fingerprint density at radius 1 is 1.20 bits per heavy atom. The predicted molar refractivity (Wildman–Crippen MR) is 118 cm³/mol. The summed E-state index contributed by atoms with van der Waals surface area (Å²) in [5, 5.41) is 15.3. The molecule has 30 heavy (non-hydrogen) atoms. The topological polar surface area (TPSA) is 107 Å². The van der Waals surface area contributed by atoms with Gasteiger partial charge in [-0.05, 0) is 37.9 Å². The standard InChI is InChI=1S/C20H20ClN4O4P/c1-13-5-4-6-18(25(26)27)19(13)24-20-22-10-15(11-23-20)29-12-14-9-16(30(2,3)28)7-8-17(14)21/h4-11H,12H2,1-3H3,(H,22,23,24). The highest BCUT2D eigenvalue weighted by Crippen LogP contribution is 2.35. The first-order chi connectivity index (χ1) is 14.1. The van der Waals surface area contributed by atoms with Crippen molar-refractivity contribution >= 4 is 41.4 Å². The molecule has 0 saturated carbocycles. The van der Waals surface area contributed by atoms with Crippen molar-refractivity contribution in [3.63, 3.8) is 0 Å². The average molecular weight is 447 g/mol. The maximum absolute atomic E-state index is 12.3. The number of nitrogens with zero attached hydrogens (tertiary/aromatic N) is 3. The fraction of sp³-hybridized carbons (Fsp3) is 0.200. The first-order valence-electron chi connectivity index (χ1n) is 8.95. The molecule has 3 rings (SSSR count). The van der Waals surface area contributed by atoms with Gasteiger partial charge in [0.1, 0.15) is 19.4 Å². The van der Waals surface area contributed by atoms with Crippen molar-refractivity contribution in [2.75, 3.05) is 18.6 Å². The molecule has 1 N–H and O–H groups in total. The van der Waals surface area contributed by atoms with Crippen molar-refractivity contribution in [1.82, 2.24) is 9.97 Å². The summed E-state index contributed by atoms with van der Waals surface area (Å²) in [5.41, 5.74) is 1.68. The average Bonchev–Trinajstić information content (AvgIpc) is 2.69.